The molecule has 0 atom stereocenters. The van der Waals surface area contributed by atoms with Crippen LogP contribution in [0.2, 0.25) is 0 Å². The third-order valence-electron chi connectivity index (χ3n) is 5.79. The van der Waals surface area contributed by atoms with Crippen LogP contribution in [0.25, 0.3) is 17.0 Å². The van der Waals surface area contributed by atoms with E-state index >= 15 is 0 Å². The molecule has 0 spiro atoms. The Morgan fingerprint density at radius 3 is 2.61 bits per heavy atom. The third kappa shape index (κ3) is 3.70. The highest BCUT2D eigenvalue weighted by molar-refractivity contribution is 8.27. The van der Waals surface area contributed by atoms with Crippen molar-refractivity contribution >= 4 is 50.7 Å². The van der Waals surface area contributed by atoms with Gasteiger partial charge in [0, 0.05) is 34.6 Å². The Morgan fingerprint density at radius 1 is 1.15 bits per heavy atom. The summed E-state index contributed by atoms with van der Waals surface area (Å²) in [5, 5.41) is 16.8. The quantitative estimate of drug-likeness (QED) is 0.530. The summed E-state index contributed by atoms with van der Waals surface area (Å²) in [5.41, 5.74) is 3.99. The molecule has 2 aliphatic heterocycles. The van der Waals surface area contributed by atoms with Crippen LogP contribution < -0.4 is 0 Å². The number of amides is 1. The lowest BCUT2D eigenvalue weighted by Crippen LogP contribution is -2.35. The zero-order valence-corrected chi connectivity index (χ0v) is 19.3. The molecular formula is C25H22FN5OS. The second-order valence-electron chi connectivity index (χ2n) is 8.34. The second kappa shape index (κ2) is 8.12. The number of carbonyl (C=O) groups excluding carboxylic acids is 1. The van der Waals surface area contributed by atoms with Crippen LogP contribution in [0.3, 0.4) is 0 Å². The number of halogens is 1. The van der Waals surface area contributed by atoms with Crippen molar-refractivity contribution in [2.45, 2.75) is 27.3 Å². The molecule has 33 heavy (non-hydrogen) atoms. The molecule has 8 heteroatoms. The number of benzene rings is 2. The number of hydrogen-bond acceptors (Lipinski definition) is 4. The van der Waals surface area contributed by atoms with E-state index in [2.05, 4.69) is 14.7 Å². The van der Waals surface area contributed by atoms with Gasteiger partial charge in [0.1, 0.15) is 10.9 Å². The molecule has 1 amide bonds. The maximum Gasteiger partial charge on any atom is 0.283 e. The predicted octanol–water partition coefficient (Wildman–Crippen LogP) is 5.41. The van der Waals surface area contributed by atoms with Gasteiger partial charge in [-0.1, -0.05) is 44.2 Å². The molecule has 3 heterocycles. The largest absolute Gasteiger partial charge is 0.340 e. The zero-order valence-electron chi connectivity index (χ0n) is 18.5. The van der Waals surface area contributed by atoms with Gasteiger partial charge in [0.15, 0.2) is 5.84 Å². The first kappa shape index (κ1) is 21.3. The van der Waals surface area contributed by atoms with Crippen LogP contribution in [0.1, 0.15) is 30.7 Å². The van der Waals surface area contributed by atoms with E-state index in [0.717, 1.165) is 32.8 Å². The van der Waals surface area contributed by atoms with Crippen molar-refractivity contribution in [2.24, 2.45) is 16.0 Å². The fraction of sp³-hybridized carbons (Fsp3) is 0.200. The highest BCUT2D eigenvalue weighted by Gasteiger charge is 2.36. The van der Waals surface area contributed by atoms with Crippen molar-refractivity contribution < 1.29 is 9.18 Å². The lowest BCUT2D eigenvalue weighted by atomic mass is 10.1. The second-order valence-corrected chi connectivity index (χ2v) is 9.33. The van der Waals surface area contributed by atoms with Gasteiger partial charge in [0.2, 0.25) is 5.17 Å². The number of aliphatic imine (C=N–C) groups is 1. The molecular weight excluding hydrogens is 437 g/mol. The summed E-state index contributed by atoms with van der Waals surface area (Å²) in [6.07, 6.45) is 1.75. The average Bonchev–Trinajstić information content (AvgIpc) is 3.33. The molecule has 166 valence electrons. The average molecular weight is 460 g/mol. The van der Waals surface area contributed by atoms with Gasteiger partial charge >= 0.3 is 0 Å². The number of carbonyl (C=O) groups is 1. The van der Waals surface area contributed by atoms with Gasteiger partial charge in [-0.2, -0.15) is 15.1 Å². The molecule has 6 nitrogen and oxygen atoms in total. The molecule has 0 fully saturated rings. The van der Waals surface area contributed by atoms with E-state index < -0.39 is 5.91 Å². The smallest absolute Gasteiger partial charge is 0.283 e. The van der Waals surface area contributed by atoms with Gasteiger partial charge in [-0.05, 0) is 48.5 Å². The molecule has 0 saturated heterocycles. The van der Waals surface area contributed by atoms with E-state index in [1.807, 2.05) is 45.0 Å². The summed E-state index contributed by atoms with van der Waals surface area (Å²) < 4.78 is 15.5. The highest BCUT2D eigenvalue weighted by Crippen LogP contribution is 2.33. The summed E-state index contributed by atoms with van der Waals surface area (Å²) in [6.45, 7) is 6.59. The number of amidine groups is 2. The lowest BCUT2D eigenvalue weighted by molar-refractivity contribution is -0.114. The number of fused-ring (bicyclic) bond motifs is 2. The number of aromatic nitrogens is 1. The van der Waals surface area contributed by atoms with Crippen molar-refractivity contribution in [2.75, 3.05) is 0 Å². The molecule has 1 aromatic heterocycles. The first-order valence-electron chi connectivity index (χ1n) is 10.7. The molecule has 0 unspecified atom stereocenters. The molecule has 3 aromatic rings. The molecule has 1 N–H and O–H groups in total. The maximum absolute atomic E-state index is 13.4. The van der Waals surface area contributed by atoms with Gasteiger partial charge in [-0.25, -0.2) is 4.39 Å². The van der Waals surface area contributed by atoms with Gasteiger partial charge in [-0.3, -0.25) is 10.2 Å². The molecule has 0 aliphatic carbocycles. The summed E-state index contributed by atoms with van der Waals surface area (Å²) in [4.78, 5) is 17.1. The monoisotopic (exact) mass is 459 g/mol. The predicted molar refractivity (Wildman–Crippen MR) is 132 cm³/mol. The number of hydrazone groups is 1. The minimum atomic E-state index is -0.436. The number of para-hydroxylation sites is 1. The van der Waals surface area contributed by atoms with Crippen molar-refractivity contribution in [3.8, 4) is 0 Å². The van der Waals surface area contributed by atoms with E-state index in [1.54, 1.807) is 18.2 Å². The Kier molecular flexibility index (Phi) is 5.25. The fourth-order valence-electron chi connectivity index (χ4n) is 4.00. The molecule has 0 saturated carbocycles. The minimum Gasteiger partial charge on any atom is -0.340 e. The van der Waals surface area contributed by atoms with E-state index in [-0.39, 0.29) is 23.1 Å². The summed E-state index contributed by atoms with van der Waals surface area (Å²) in [7, 11) is 0. The Hall–Kier alpha value is -3.52. The third-order valence-corrected chi connectivity index (χ3v) is 7.00. The number of thioether (sulfide) groups is 1. The molecule has 2 aromatic carbocycles. The Labute approximate surface area is 195 Å². The topological polar surface area (TPSA) is 73.8 Å². The van der Waals surface area contributed by atoms with Gasteiger partial charge < -0.3 is 4.57 Å². The molecule has 2 aliphatic rings. The summed E-state index contributed by atoms with van der Waals surface area (Å²) in [5.74, 6) is -0.488. The number of nitrogens with zero attached hydrogens (tertiary/aromatic N) is 4. The lowest BCUT2D eigenvalue weighted by Gasteiger charge is -2.20. The van der Waals surface area contributed by atoms with E-state index in [4.69, 9.17) is 5.41 Å². The normalized spacial score (nSPS) is 17.2. The molecule has 0 radical (unpaired) electrons. The first-order chi connectivity index (χ1) is 15.8. The van der Waals surface area contributed by atoms with E-state index in [0.29, 0.717) is 11.7 Å². The van der Waals surface area contributed by atoms with Crippen LogP contribution in [0, 0.1) is 24.1 Å². The minimum absolute atomic E-state index is 0.0305. The number of hydrogen-bond donors (Lipinski definition) is 1. The van der Waals surface area contributed by atoms with Crippen LogP contribution in [0.4, 0.5) is 4.39 Å². The molecule has 0 bridgehead atoms. The van der Waals surface area contributed by atoms with Crippen LogP contribution in [0.15, 0.2) is 64.2 Å². The highest BCUT2D eigenvalue weighted by atomic mass is 32.2. The van der Waals surface area contributed by atoms with Crippen molar-refractivity contribution in [3.63, 3.8) is 0 Å². The van der Waals surface area contributed by atoms with Crippen LogP contribution >= 0.6 is 11.8 Å². The standard InChI is InChI=1S/C25H22FN5OS/c1-14(2)24-29-31-22(27)20(23(32)28-25(31)33-24)12-19-15(3)30(21-7-5-4-6-18(19)21)13-16-8-10-17(26)11-9-16/h4-12,14,27H,13H2,1-3H3. The van der Waals surface area contributed by atoms with Crippen molar-refractivity contribution in [3.05, 3.63) is 76.7 Å². The maximum atomic E-state index is 13.4. The van der Waals surface area contributed by atoms with Crippen molar-refractivity contribution in [1.29, 1.82) is 5.41 Å². The van der Waals surface area contributed by atoms with Crippen molar-refractivity contribution in [1.82, 2.24) is 9.58 Å². The van der Waals surface area contributed by atoms with Gasteiger partial charge in [-0.15, -0.1) is 0 Å². The Balaban J connectivity index is 1.60. The summed E-state index contributed by atoms with van der Waals surface area (Å²) >= 11 is 1.34. The van der Waals surface area contributed by atoms with E-state index in [9.17, 15) is 9.18 Å². The Morgan fingerprint density at radius 2 is 1.88 bits per heavy atom. The summed E-state index contributed by atoms with van der Waals surface area (Å²) in [6, 6.07) is 14.4. The van der Waals surface area contributed by atoms with Crippen LogP contribution in [-0.2, 0) is 11.3 Å². The SMILES string of the molecule is Cc1c(C=C2C(=N)N3N=C(C(C)C)SC3=NC2=O)c2ccccc2n1Cc1ccc(F)cc1. The number of nitrogens with one attached hydrogen (secondary N) is 1. The number of rotatable bonds is 4. The first-order valence-corrected chi connectivity index (χ1v) is 11.5. The van der Waals surface area contributed by atoms with E-state index in [1.165, 1.54) is 28.9 Å². The van der Waals surface area contributed by atoms with Crippen LogP contribution in [-0.4, -0.2) is 31.5 Å². The Bertz CT molecular complexity index is 1400. The van der Waals surface area contributed by atoms with Crippen LogP contribution in [0.5, 0.6) is 0 Å². The molecule has 5 rings (SSSR count). The zero-order chi connectivity index (χ0) is 23.3. The fourth-order valence-corrected chi connectivity index (χ4v) is 4.89. The van der Waals surface area contributed by atoms with Gasteiger partial charge in [0.05, 0.1) is 5.57 Å². The van der Waals surface area contributed by atoms with Gasteiger partial charge in [0.25, 0.3) is 5.91 Å².